The second kappa shape index (κ2) is 8.60. The molecule has 0 atom stereocenters. The lowest BCUT2D eigenvalue weighted by molar-refractivity contribution is 0.277. The number of hydrogen-bond acceptors (Lipinski definition) is 2. The molecule has 24 heavy (non-hydrogen) atoms. The van der Waals surface area contributed by atoms with Crippen molar-refractivity contribution in [2.45, 2.75) is 26.2 Å². The zero-order chi connectivity index (χ0) is 16.2. The Kier molecular flexibility index (Phi) is 6.77. The van der Waals surface area contributed by atoms with E-state index in [0.29, 0.717) is 12.5 Å². The summed E-state index contributed by atoms with van der Waals surface area (Å²) in [6, 6.07) is 6.05. The molecular formula is C18H27IN4O. The number of rotatable bonds is 4. The van der Waals surface area contributed by atoms with E-state index in [2.05, 4.69) is 27.9 Å². The number of fused-ring (bicyclic) bond motifs is 1. The molecule has 1 fully saturated rings. The minimum Gasteiger partial charge on any atom is -0.496 e. The number of halogens is 1. The van der Waals surface area contributed by atoms with Gasteiger partial charge < -0.3 is 20.4 Å². The summed E-state index contributed by atoms with van der Waals surface area (Å²) < 4.78 is 5.47. The van der Waals surface area contributed by atoms with Gasteiger partial charge in [-0.25, -0.2) is 0 Å². The highest BCUT2D eigenvalue weighted by Gasteiger charge is 2.17. The van der Waals surface area contributed by atoms with Gasteiger partial charge in [0, 0.05) is 36.7 Å². The highest BCUT2D eigenvalue weighted by Crippen LogP contribution is 2.28. The van der Waals surface area contributed by atoms with Crippen molar-refractivity contribution in [1.82, 2.24) is 9.88 Å². The van der Waals surface area contributed by atoms with Crippen LogP contribution in [0.5, 0.6) is 5.75 Å². The third kappa shape index (κ3) is 4.15. The van der Waals surface area contributed by atoms with Gasteiger partial charge in [0.2, 0.25) is 0 Å². The molecule has 0 spiro atoms. The largest absolute Gasteiger partial charge is 0.496 e. The van der Waals surface area contributed by atoms with Gasteiger partial charge in [0.05, 0.1) is 7.11 Å². The summed E-state index contributed by atoms with van der Waals surface area (Å²) in [5.74, 6) is 2.39. The molecule has 1 aromatic heterocycles. The first-order valence-electron chi connectivity index (χ1n) is 8.37. The molecular weight excluding hydrogens is 415 g/mol. The number of nitrogens with two attached hydrogens (primary N) is 1. The fraction of sp³-hybridized carbons (Fsp3) is 0.500. The summed E-state index contributed by atoms with van der Waals surface area (Å²) in [7, 11) is 1.71. The van der Waals surface area contributed by atoms with E-state index in [1.807, 2.05) is 18.3 Å². The van der Waals surface area contributed by atoms with Gasteiger partial charge in [0.25, 0.3) is 0 Å². The van der Waals surface area contributed by atoms with Gasteiger partial charge in [-0.05, 0) is 42.9 Å². The standard InChI is InChI=1S/C18H26N4O.HI/c1-13-7-10-22(11-8-13)18(19)20-9-6-14-12-21-15-4-3-5-16(23-2)17(14)15;/h3-5,12-13,21H,6-11H2,1-2H3,(H2,19,20);1H. The Morgan fingerprint density at radius 3 is 2.83 bits per heavy atom. The minimum atomic E-state index is 0. The molecule has 1 saturated heterocycles. The van der Waals surface area contributed by atoms with Gasteiger partial charge in [-0.1, -0.05) is 13.0 Å². The van der Waals surface area contributed by atoms with Crippen molar-refractivity contribution >= 4 is 40.8 Å². The van der Waals surface area contributed by atoms with E-state index in [0.717, 1.165) is 42.1 Å². The number of H-pyrrole nitrogens is 1. The van der Waals surface area contributed by atoms with Crippen LogP contribution in [0.4, 0.5) is 0 Å². The smallest absolute Gasteiger partial charge is 0.191 e. The molecule has 0 unspecified atom stereocenters. The molecule has 6 heteroatoms. The zero-order valence-corrected chi connectivity index (χ0v) is 16.7. The topological polar surface area (TPSA) is 66.6 Å². The van der Waals surface area contributed by atoms with Crippen molar-refractivity contribution in [2.75, 3.05) is 26.7 Å². The van der Waals surface area contributed by atoms with Crippen molar-refractivity contribution in [2.24, 2.45) is 16.6 Å². The Balaban J connectivity index is 0.00000208. The Bertz CT molecular complexity index is 689. The fourth-order valence-electron chi connectivity index (χ4n) is 3.22. The third-order valence-corrected chi connectivity index (χ3v) is 4.73. The van der Waals surface area contributed by atoms with Crippen molar-refractivity contribution in [1.29, 1.82) is 0 Å². The first kappa shape index (κ1) is 18.9. The lowest BCUT2D eigenvalue weighted by atomic mass is 10.00. The Morgan fingerprint density at radius 1 is 1.38 bits per heavy atom. The SMILES string of the molecule is COc1cccc2[nH]cc(CCN=C(N)N3CCC(C)CC3)c12.I. The Labute approximate surface area is 160 Å². The van der Waals surface area contributed by atoms with Crippen LogP contribution in [0.3, 0.4) is 0 Å². The molecule has 1 aromatic carbocycles. The van der Waals surface area contributed by atoms with Crippen molar-refractivity contribution in [3.63, 3.8) is 0 Å². The maximum absolute atomic E-state index is 6.15. The monoisotopic (exact) mass is 442 g/mol. The molecule has 2 aromatic rings. The third-order valence-electron chi connectivity index (χ3n) is 4.73. The van der Waals surface area contributed by atoms with Gasteiger partial charge in [-0.2, -0.15) is 0 Å². The number of nitrogens with zero attached hydrogens (tertiary/aromatic N) is 2. The number of methoxy groups -OCH3 is 1. The van der Waals surface area contributed by atoms with E-state index in [9.17, 15) is 0 Å². The van der Waals surface area contributed by atoms with Crippen LogP contribution >= 0.6 is 24.0 Å². The molecule has 0 amide bonds. The minimum absolute atomic E-state index is 0. The van der Waals surface area contributed by atoms with Crippen LogP contribution in [0.1, 0.15) is 25.3 Å². The van der Waals surface area contributed by atoms with Gasteiger partial charge in [-0.3, -0.25) is 4.99 Å². The average Bonchev–Trinajstić information content (AvgIpc) is 2.99. The van der Waals surface area contributed by atoms with Gasteiger partial charge in [0.1, 0.15) is 5.75 Å². The quantitative estimate of drug-likeness (QED) is 0.434. The molecule has 0 radical (unpaired) electrons. The van der Waals surface area contributed by atoms with Crippen LogP contribution < -0.4 is 10.5 Å². The van der Waals surface area contributed by atoms with Crippen LogP contribution in [-0.4, -0.2) is 42.6 Å². The van der Waals surface area contributed by atoms with Crippen molar-refractivity contribution in [3.8, 4) is 5.75 Å². The van der Waals surface area contributed by atoms with Crippen LogP contribution in [-0.2, 0) is 6.42 Å². The highest BCUT2D eigenvalue weighted by atomic mass is 127. The maximum atomic E-state index is 6.15. The normalized spacial score (nSPS) is 16.2. The summed E-state index contributed by atoms with van der Waals surface area (Å²) in [5, 5.41) is 1.15. The number of benzene rings is 1. The number of hydrogen-bond donors (Lipinski definition) is 2. The molecule has 3 N–H and O–H groups in total. The number of guanidine groups is 1. The molecule has 2 heterocycles. The van der Waals surface area contributed by atoms with E-state index in [4.69, 9.17) is 10.5 Å². The number of piperidine rings is 1. The predicted octanol–water partition coefficient (Wildman–Crippen LogP) is 3.38. The van der Waals surface area contributed by atoms with E-state index in [-0.39, 0.29) is 24.0 Å². The summed E-state index contributed by atoms with van der Waals surface area (Å²) >= 11 is 0. The van der Waals surface area contributed by atoms with Crippen molar-refractivity contribution < 1.29 is 4.74 Å². The Morgan fingerprint density at radius 2 is 2.12 bits per heavy atom. The van der Waals surface area contributed by atoms with Crippen LogP contribution in [0.2, 0.25) is 0 Å². The Hall–Kier alpha value is -1.44. The van der Waals surface area contributed by atoms with E-state index >= 15 is 0 Å². The van der Waals surface area contributed by atoms with Crippen LogP contribution in [0, 0.1) is 5.92 Å². The number of ether oxygens (including phenoxy) is 1. The number of aromatic amines is 1. The van der Waals surface area contributed by atoms with Gasteiger partial charge in [0.15, 0.2) is 5.96 Å². The average molecular weight is 442 g/mol. The first-order valence-corrected chi connectivity index (χ1v) is 8.37. The fourth-order valence-corrected chi connectivity index (χ4v) is 3.22. The maximum Gasteiger partial charge on any atom is 0.191 e. The summed E-state index contributed by atoms with van der Waals surface area (Å²) in [6.07, 6.45) is 5.30. The summed E-state index contributed by atoms with van der Waals surface area (Å²) in [5.41, 5.74) is 8.47. The number of nitrogens with one attached hydrogen (secondary N) is 1. The highest BCUT2D eigenvalue weighted by molar-refractivity contribution is 14.0. The van der Waals surface area contributed by atoms with E-state index in [1.165, 1.54) is 18.4 Å². The molecule has 132 valence electrons. The second-order valence-corrected chi connectivity index (χ2v) is 6.36. The zero-order valence-electron chi connectivity index (χ0n) is 14.4. The van der Waals surface area contributed by atoms with Crippen molar-refractivity contribution in [3.05, 3.63) is 30.0 Å². The van der Waals surface area contributed by atoms with Crippen LogP contribution in [0.25, 0.3) is 10.9 Å². The van der Waals surface area contributed by atoms with Crippen LogP contribution in [0.15, 0.2) is 29.4 Å². The summed E-state index contributed by atoms with van der Waals surface area (Å²) in [4.78, 5) is 10.1. The molecule has 3 rings (SSSR count). The second-order valence-electron chi connectivity index (χ2n) is 6.36. The first-order chi connectivity index (χ1) is 11.2. The number of aliphatic imine (C=N–C) groups is 1. The predicted molar refractivity (Wildman–Crippen MR) is 110 cm³/mol. The molecule has 0 aliphatic carbocycles. The van der Waals surface area contributed by atoms with Gasteiger partial charge >= 0.3 is 0 Å². The molecule has 0 bridgehead atoms. The molecule has 1 aliphatic heterocycles. The number of aromatic nitrogens is 1. The van der Waals surface area contributed by atoms with Gasteiger partial charge in [-0.15, -0.1) is 24.0 Å². The van der Waals surface area contributed by atoms with E-state index < -0.39 is 0 Å². The lowest BCUT2D eigenvalue weighted by Gasteiger charge is -2.31. The molecule has 5 nitrogen and oxygen atoms in total. The van der Waals surface area contributed by atoms with E-state index in [1.54, 1.807) is 7.11 Å². The number of likely N-dealkylation sites (tertiary alicyclic amines) is 1. The molecule has 1 aliphatic rings. The lowest BCUT2D eigenvalue weighted by Crippen LogP contribution is -2.42. The molecule has 0 saturated carbocycles. The summed E-state index contributed by atoms with van der Waals surface area (Å²) in [6.45, 7) is 5.05.